The Labute approximate surface area is 126 Å². The summed E-state index contributed by atoms with van der Waals surface area (Å²) < 4.78 is 0. The second kappa shape index (κ2) is 5.68. The van der Waals surface area contributed by atoms with E-state index in [4.69, 9.17) is 5.73 Å². The standard InChI is InChI=1S/C17H25N3O/c1-19(2)14-7-3-12(4-8-14)9-17(21)20-10-15(13-5-6-13)16(18)11-20/h3-4,7-8,13,15-16H,5-6,9-11,18H2,1-2H3/t15-,16+/m1/s1. The number of nitrogens with two attached hydrogens (primary N) is 1. The second-order valence-corrected chi connectivity index (χ2v) is 6.70. The molecule has 1 saturated heterocycles. The molecule has 1 saturated carbocycles. The van der Waals surface area contributed by atoms with Gasteiger partial charge in [-0.2, -0.15) is 0 Å². The van der Waals surface area contributed by atoms with Gasteiger partial charge in [0.15, 0.2) is 0 Å². The maximum absolute atomic E-state index is 12.4. The van der Waals surface area contributed by atoms with Crippen LogP contribution < -0.4 is 10.6 Å². The Morgan fingerprint density at radius 1 is 1.24 bits per heavy atom. The van der Waals surface area contributed by atoms with Gasteiger partial charge in [0.25, 0.3) is 0 Å². The highest BCUT2D eigenvalue weighted by atomic mass is 16.2. The highest BCUT2D eigenvalue weighted by Crippen LogP contribution is 2.40. The zero-order valence-corrected chi connectivity index (χ0v) is 13.0. The highest BCUT2D eigenvalue weighted by molar-refractivity contribution is 5.79. The van der Waals surface area contributed by atoms with E-state index in [2.05, 4.69) is 17.0 Å². The third-order valence-corrected chi connectivity index (χ3v) is 4.80. The lowest BCUT2D eigenvalue weighted by Gasteiger charge is -2.17. The van der Waals surface area contributed by atoms with Crippen molar-refractivity contribution in [1.29, 1.82) is 0 Å². The molecule has 1 aromatic rings. The molecule has 4 heteroatoms. The molecule has 3 rings (SSSR count). The van der Waals surface area contributed by atoms with Gasteiger partial charge in [-0.1, -0.05) is 12.1 Å². The molecule has 1 amide bonds. The highest BCUT2D eigenvalue weighted by Gasteiger charge is 2.41. The van der Waals surface area contributed by atoms with Crippen molar-refractivity contribution in [1.82, 2.24) is 4.90 Å². The average molecular weight is 287 g/mol. The Hall–Kier alpha value is -1.55. The molecule has 1 aliphatic carbocycles. The summed E-state index contributed by atoms with van der Waals surface area (Å²) in [6.07, 6.45) is 3.08. The molecule has 114 valence electrons. The van der Waals surface area contributed by atoms with E-state index in [1.807, 2.05) is 31.1 Å². The van der Waals surface area contributed by atoms with Gasteiger partial charge in [-0.25, -0.2) is 0 Å². The van der Waals surface area contributed by atoms with E-state index in [0.29, 0.717) is 12.3 Å². The van der Waals surface area contributed by atoms with E-state index >= 15 is 0 Å². The molecular weight excluding hydrogens is 262 g/mol. The largest absolute Gasteiger partial charge is 0.378 e. The smallest absolute Gasteiger partial charge is 0.227 e. The van der Waals surface area contributed by atoms with Crippen molar-refractivity contribution in [2.24, 2.45) is 17.6 Å². The van der Waals surface area contributed by atoms with Crippen molar-refractivity contribution in [3.8, 4) is 0 Å². The molecule has 1 heterocycles. The maximum Gasteiger partial charge on any atom is 0.227 e. The first-order chi connectivity index (χ1) is 10.0. The third kappa shape index (κ3) is 3.21. The molecule has 1 aromatic carbocycles. The number of carbonyl (C=O) groups excluding carboxylic acids is 1. The topological polar surface area (TPSA) is 49.6 Å². The first-order valence-corrected chi connectivity index (χ1v) is 7.84. The lowest BCUT2D eigenvalue weighted by molar-refractivity contribution is -0.129. The number of rotatable bonds is 4. The lowest BCUT2D eigenvalue weighted by atomic mass is 9.99. The van der Waals surface area contributed by atoms with Crippen molar-refractivity contribution < 1.29 is 4.79 Å². The van der Waals surface area contributed by atoms with E-state index in [-0.39, 0.29) is 11.9 Å². The van der Waals surface area contributed by atoms with Crippen molar-refractivity contribution in [2.75, 3.05) is 32.1 Å². The van der Waals surface area contributed by atoms with Crippen LogP contribution >= 0.6 is 0 Å². The number of hydrogen-bond donors (Lipinski definition) is 1. The number of benzene rings is 1. The van der Waals surface area contributed by atoms with Crippen LogP contribution in [0.5, 0.6) is 0 Å². The molecule has 21 heavy (non-hydrogen) atoms. The monoisotopic (exact) mass is 287 g/mol. The molecule has 2 atom stereocenters. The predicted octanol–water partition coefficient (Wildman–Crippen LogP) is 1.49. The van der Waals surface area contributed by atoms with E-state index in [1.165, 1.54) is 12.8 Å². The Bertz CT molecular complexity index is 507. The first kappa shape index (κ1) is 14.4. The Balaban J connectivity index is 1.58. The molecule has 4 nitrogen and oxygen atoms in total. The van der Waals surface area contributed by atoms with Gasteiger partial charge in [0.05, 0.1) is 6.42 Å². The van der Waals surface area contributed by atoms with E-state index in [1.54, 1.807) is 0 Å². The van der Waals surface area contributed by atoms with Gasteiger partial charge in [-0.15, -0.1) is 0 Å². The molecule has 2 aliphatic rings. The number of nitrogens with zero attached hydrogens (tertiary/aromatic N) is 2. The Morgan fingerprint density at radius 2 is 1.90 bits per heavy atom. The molecule has 0 radical (unpaired) electrons. The van der Waals surface area contributed by atoms with Crippen molar-refractivity contribution >= 4 is 11.6 Å². The maximum atomic E-state index is 12.4. The van der Waals surface area contributed by atoms with Crippen LogP contribution in [-0.4, -0.2) is 44.0 Å². The zero-order chi connectivity index (χ0) is 15.0. The minimum absolute atomic E-state index is 0.178. The molecule has 1 aliphatic heterocycles. The molecular formula is C17H25N3O. The summed E-state index contributed by atoms with van der Waals surface area (Å²) in [7, 11) is 4.04. The van der Waals surface area contributed by atoms with Crippen LogP contribution in [0.15, 0.2) is 24.3 Å². The van der Waals surface area contributed by atoms with Gasteiger partial charge in [0.1, 0.15) is 0 Å². The third-order valence-electron chi connectivity index (χ3n) is 4.80. The fourth-order valence-electron chi connectivity index (χ4n) is 3.28. The van der Waals surface area contributed by atoms with Crippen LogP contribution in [-0.2, 0) is 11.2 Å². The molecule has 0 bridgehead atoms. The van der Waals surface area contributed by atoms with Gasteiger partial charge in [0.2, 0.25) is 5.91 Å². The summed E-state index contributed by atoms with van der Waals surface area (Å²) in [5.74, 6) is 1.52. The van der Waals surface area contributed by atoms with Crippen LogP contribution in [0.4, 0.5) is 5.69 Å². The molecule has 0 spiro atoms. The molecule has 2 N–H and O–H groups in total. The van der Waals surface area contributed by atoms with Crippen LogP contribution in [0.1, 0.15) is 18.4 Å². The Kier molecular flexibility index (Phi) is 3.89. The summed E-state index contributed by atoms with van der Waals surface area (Å²) in [6.45, 7) is 1.59. The quantitative estimate of drug-likeness (QED) is 0.913. The summed E-state index contributed by atoms with van der Waals surface area (Å²) in [5, 5.41) is 0. The number of carbonyl (C=O) groups is 1. The zero-order valence-electron chi connectivity index (χ0n) is 13.0. The average Bonchev–Trinajstić information content (AvgIpc) is 3.22. The van der Waals surface area contributed by atoms with Gasteiger partial charge in [-0.3, -0.25) is 4.79 Å². The van der Waals surface area contributed by atoms with Crippen molar-refractivity contribution in [2.45, 2.75) is 25.3 Å². The van der Waals surface area contributed by atoms with Crippen LogP contribution in [0.25, 0.3) is 0 Å². The molecule has 0 aromatic heterocycles. The number of hydrogen-bond acceptors (Lipinski definition) is 3. The van der Waals surface area contributed by atoms with Gasteiger partial charge < -0.3 is 15.5 Å². The Morgan fingerprint density at radius 3 is 2.48 bits per heavy atom. The number of likely N-dealkylation sites (tertiary alicyclic amines) is 1. The fourth-order valence-corrected chi connectivity index (χ4v) is 3.28. The van der Waals surface area contributed by atoms with E-state index in [9.17, 15) is 4.79 Å². The van der Waals surface area contributed by atoms with Crippen molar-refractivity contribution in [3.63, 3.8) is 0 Å². The van der Waals surface area contributed by atoms with Crippen LogP contribution in [0.2, 0.25) is 0 Å². The normalized spacial score (nSPS) is 25.2. The van der Waals surface area contributed by atoms with Crippen LogP contribution in [0, 0.1) is 11.8 Å². The minimum atomic E-state index is 0.178. The van der Waals surface area contributed by atoms with Gasteiger partial charge >= 0.3 is 0 Å². The van der Waals surface area contributed by atoms with Crippen LogP contribution in [0.3, 0.4) is 0 Å². The number of anilines is 1. The number of amides is 1. The molecule has 2 fully saturated rings. The van der Waals surface area contributed by atoms with Crippen molar-refractivity contribution in [3.05, 3.63) is 29.8 Å². The molecule has 0 unspecified atom stereocenters. The van der Waals surface area contributed by atoms with Gasteiger partial charge in [-0.05, 0) is 42.4 Å². The van der Waals surface area contributed by atoms with E-state index < -0.39 is 0 Å². The summed E-state index contributed by atoms with van der Waals surface area (Å²) in [4.78, 5) is 16.5. The summed E-state index contributed by atoms with van der Waals surface area (Å²) in [5.41, 5.74) is 8.43. The summed E-state index contributed by atoms with van der Waals surface area (Å²) >= 11 is 0. The minimum Gasteiger partial charge on any atom is -0.378 e. The van der Waals surface area contributed by atoms with Gasteiger partial charge in [0, 0.05) is 38.9 Å². The first-order valence-electron chi connectivity index (χ1n) is 7.84. The SMILES string of the molecule is CN(C)c1ccc(CC(=O)N2C[C@H](C3CC3)[C@@H](N)C2)cc1. The summed E-state index contributed by atoms with van der Waals surface area (Å²) in [6, 6.07) is 8.39. The predicted molar refractivity (Wildman–Crippen MR) is 85.2 cm³/mol. The lowest BCUT2D eigenvalue weighted by Crippen LogP contribution is -2.33. The second-order valence-electron chi connectivity index (χ2n) is 6.70. The fraction of sp³-hybridized carbons (Fsp3) is 0.588. The van der Waals surface area contributed by atoms with E-state index in [0.717, 1.165) is 30.3 Å².